The molecular weight excluding hydrogens is 439 g/mol. The summed E-state index contributed by atoms with van der Waals surface area (Å²) >= 11 is 12.0. The number of anilines is 1. The first-order valence-electron chi connectivity index (χ1n) is 8.81. The van der Waals surface area contributed by atoms with Crippen molar-refractivity contribution in [3.8, 4) is 5.75 Å². The van der Waals surface area contributed by atoms with Crippen LogP contribution in [-0.4, -0.2) is 59.2 Å². The lowest BCUT2D eigenvalue weighted by Gasteiger charge is -2.31. The van der Waals surface area contributed by atoms with E-state index in [9.17, 15) is 13.2 Å². The number of sulfonamides is 1. The highest BCUT2D eigenvalue weighted by Gasteiger charge is 2.31. The molecule has 10 heteroatoms. The zero-order chi connectivity index (χ0) is 21.0. The van der Waals surface area contributed by atoms with Gasteiger partial charge in [-0.25, -0.2) is 8.42 Å². The number of nitrogens with zero attached hydrogens (tertiary/aromatic N) is 2. The molecule has 0 aliphatic carbocycles. The first-order chi connectivity index (χ1) is 13.8. The summed E-state index contributed by atoms with van der Waals surface area (Å²) in [4.78, 5) is 14.4. The zero-order valence-corrected chi connectivity index (χ0v) is 18.0. The Hall–Kier alpha value is -2.00. The number of methoxy groups -OCH3 is 1. The SMILES string of the molecule is COc1ccccc1N(CC(=O)N1CCOCC1)S(=O)(=O)c1ccc(Cl)c(Cl)c1. The first kappa shape index (κ1) is 21.7. The van der Waals surface area contributed by atoms with Crippen molar-refractivity contribution in [2.45, 2.75) is 4.90 Å². The number of hydrogen-bond acceptors (Lipinski definition) is 5. The van der Waals surface area contributed by atoms with Crippen molar-refractivity contribution in [3.63, 3.8) is 0 Å². The van der Waals surface area contributed by atoms with E-state index in [-0.39, 0.29) is 33.1 Å². The van der Waals surface area contributed by atoms with E-state index in [0.717, 1.165) is 4.31 Å². The van der Waals surface area contributed by atoms with Gasteiger partial charge in [0.25, 0.3) is 10.0 Å². The Morgan fingerprint density at radius 1 is 1.14 bits per heavy atom. The van der Waals surface area contributed by atoms with Crippen LogP contribution in [0.15, 0.2) is 47.4 Å². The Bertz CT molecular complexity index is 994. The zero-order valence-electron chi connectivity index (χ0n) is 15.7. The smallest absolute Gasteiger partial charge is 0.264 e. The van der Waals surface area contributed by atoms with Crippen LogP contribution in [0.4, 0.5) is 5.69 Å². The second-order valence-corrected chi connectivity index (χ2v) is 8.93. The molecule has 7 nitrogen and oxygen atoms in total. The molecule has 1 amide bonds. The third-order valence-electron chi connectivity index (χ3n) is 4.48. The number of benzene rings is 2. The molecule has 1 saturated heterocycles. The first-order valence-corrected chi connectivity index (χ1v) is 11.0. The van der Waals surface area contributed by atoms with Gasteiger partial charge >= 0.3 is 0 Å². The maximum atomic E-state index is 13.5. The van der Waals surface area contributed by atoms with Gasteiger partial charge in [-0.15, -0.1) is 0 Å². The maximum Gasteiger partial charge on any atom is 0.264 e. The molecule has 1 heterocycles. The number of rotatable bonds is 6. The lowest BCUT2D eigenvalue weighted by atomic mass is 10.3. The van der Waals surface area contributed by atoms with Gasteiger partial charge in [-0.05, 0) is 30.3 Å². The summed E-state index contributed by atoms with van der Waals surface area (Å²) in [6.07, 6.45) is 0. The van der Waals surface area contributed by atoms with Crippen molar-refractivity contribution in [2.75, 3.05) is 44.3 Å². The molecule has 0 saturated carbocycles. The quantitative estimate of drug-likeness (QED) is 0.664. The van der Waals surface area contributed by atoms with E-state index in [2.05, 4.69) is 0 Å². The minimum Gasteiger partial charge on any atom is -0.495 e. The van der Waals surface area contributed by atoms with Crippen molar-refractivity contribution in [3.05, 3.63) is 52.5 Å². The monoisotopic (exact) mass is 458 g/mol. The van der Waals surface area contributed by atoms with E-state index in [1.165, 1.54) is 25.3 Å². The maximum absolute atomic E-state index is 13.5. The number of amides is 1. The van der Waals surface area contributed by atoms with Crippen LogP contribution in [0.25, 0.3) is 0 Å². The van der Waals surface area contributed by atoms with Crippen molar-refractivity contribution >= 4 is 44.8 Å². The Morgan fingerprint density at radius 2 is 1.83 bits per heavy atom. The number of carbonyl (C=O) groups is 1. The fourth-order valence-corrected chi connectivity index (χ4v) is 4.75. The molecule has 3 rings (SSSR count). The molecule has 1 aliphatic rings. The molecule has 2 aromatic carbocycles. The van der Waals surface area contributed by atoms with Crippen molar-refractivity contribution in [2.24, 2.45) is 0 Å². The normalized spacial score (nSPS) is 14.5. The van der Waals surface area contributed by atoms with Crippen molar-refractivity contribution < 1.29 is 22.7 Å². The number of halogens is 2. The lowest BCUT2D eigenvalue weighted by Crippen LogP contribution is -2.47. The predicted octanol–water partition coefficient (Wildman–Crippen LogP) is 3.06. The van der Waals surface area contributed by atoms with Crippen LogP contribution in [0.1, 0.15) is 0 Å². The van der Waals surface area contributed by atoms with E-state index in [0.29, 0.717) is 32.1 Å². The van der Waals surface area contributed by atoms with Gasteiger partial charge in [-0.1, -0.05) is 35.3 Å². The average Bonchev–Trinajstić information content (AvgIpc) is 2.74. The van der Waals surface area contributed by atoms with Crippen LogP contribution in [0.3, 0.4) is 0 Å². The highest BCUT2D eigenvalue weighted by Crippen LogP contribution is 2.34. The van der Waals surface area contributed by atoms with Gasteiger partial charge in [0.2, 0.25) is 5.91 Å². The van der Waals surface area contributed by atoms with E-state index in [4.69, 9.17) is 32.7 Å². The van der Waals surface area contributed by atoms with E-state index < -0.39 is 10.0 Å². The Morgan fingerprint density at radius 3 is 2.48 bits per heavy atom. The Kier molecular flexibility index (Phi) is 6.89. The van der Waals surface area contributed by atoms with Gasteiger partial charge in [0.15, 0.2) is 0 Å². The number of carbonyl (C=O) groups excluding carboxylic acids is 1. The van der Waals surface area contributed by atoms with Gasteiger partial charge in [-0.3, -0.25) is 9.10 Å². The van der Waals surface area contributed by atoms with Crippen LogP contribution in [0.5, 0.6) is 5.75 Å². The number of morpholine rings is 1. The second-order valence-electron chi connectivity index (χ2n) is 6.25. The van der Waals surface area contributed by atoms with Gasteiger partial charge in [0, 0.05) is 13.1 Å². The fourth-order valence-electron chi connectivity index (χ4n) is 2.94. The molecule has 0 unspecified atom stereocenters. The number of ether oxygens (including phenoxy) is 2. The molecule has 1 aliphatic heterocycles. The summed E-state index contributed by atoms with van der Waals surface area (Å²) < 4.78 is 38.5. The van der Waals surface area contributed by atoms with Crippen LogP contribution < -0.4 is 9.04 Å². The van der Waals surface area contributed by atoms with E-state index >= 15 is 0 Å². The predicted molar refractivity (Wildman–Crippen MR) is 111 cm³/mol. The van der Waals surface area contributed by atoms with Gasteiger partial charge in [-0.2, -0.15) is 0 Å². The standard InChI is InChI=1S/C19H20Cl2N2O5S/c1-27-18-5-3-2-4-17(18)23(13-19(24)22-8-10-28-11-9-22)29(25,26)14-6-7-15(20)16(21)12-14/h2-7,12H,8-11,13H2,1H3. The number of hydrogen-bond donors (Lipinski definition) is 0. The van der Waals surface area contributed by atoms with E-state index in [1.807, 2.05) is 0 Å². The molecule has 0 atom stereocenters. The molecule has 0 spiro atoms. The molecule has 0 radical (unpaired) electrons. The van der Waals surface area contributed by atoms with Gasteiger partial charge in [0.1, 0.15) is 12.3 Å². The van der Waals surface area contributed by atoms with Gasteiger partial charge in [0.05, 0.1) is 41.0 Å². The van der Waals surface area contributed by atoms with Gasteiger partial charge < -0.3 is 14.4 Å². The summed E-state index contributed by atoms with van der Waals surface area (Å²) in [6, 6.07) is 10.6. The molecule has 1 fully saturated rings. The fraction of sp³-hybridized carbons (Fsp3) is 0.316. The molecular formula is C19H20Cl2N2O5S. The molecule has 0 bridgehead atoms. The summed E-state index contributed by atoms with van der Waals surface area (Å²) in [5.41, 5.74) is 0.252. The minimum atomic E-state index is -4.13. The summed E-state index contributed by atoms with van der Waals surface area (Å²) in [7, 11) is -2.69. The van der Waals surface area contributed by atoms with Crippen LogP contribution in [0.2, 0.25) is 10.0 Å². The molecule has 156 valence electrons. The average molecular weight is 459 g/mol. The van der Waals surface area contributed by atoms with E-state index in [1.54, 1.807) is 29.2 Å². The molecule has 2 aromatic rings. The van der Waals surface area contributed by atoms with Crippen LogP contribution >= 0.6 is 23.2 Å². The largest absolute Gasteiger partial charge is 0.495 e. The van der Waals surface area contributed by atoms with Crippen LogP contribution in [0, 0.1) is 0 Å². The highest BCUT2D eigenvalue weighted by atomic mass is 35.5. The molecule has 0 N–H and O–H groups in total. The summed E-state index contributed by atoms with van der Waals surface area (Å²) in [6.45, 7) is 1.26. The molecule has 29 heavy (non-hydrogen) atoms. The third-order valence-corrected chi connectivity index (χ3v) is 6.97. The summed E-state index contributed by atoms with van der Waals surface area (Å²) in [5, 5.41) is 0.339. The minimum absolute atomic E-state index is 0.0763. The molecule has 0 aromatic heterocycles. The van der Waals surface area contributed by atoms with Crippen molar-refractivity contribution in [1.29, 1.82) is 0 Å². The second kappa shape index (κ2) is 9.21. The highest BCUT2D eigenvalue weighted by molar-refractivity contribution is 7.92. The van der Waals surface area contributed by atoms with Crippen LogP contribution in [-0.2, 0) is 19.6 Å². The topological polar surface area (TPSA) is 76.2 Å². The Labute approximate surface area is 179 Å². The van der Waals surface area contributed by atoms with Crippen molar-refractivity contribution in [1.82, 2.24) is 4.90 Å². The Balaban J connectivity index is 2.04. The summed E-state index contributed by atoms with van der Waals surface area (Å²) in [5.74, 6) is -0.00578. The number of para-hydroxylation sites is 2. The lowest BCUT2D eigenvalue weighted by molar-refractivity contribution is -0.133. The third kappa shape index (κ3) is 4.78.